The highest BCUT2D eigenvalue weighted by Gasteiger charge is 2.42. The van der Waals surface area contributed by atoms with Gasteiger partial charge in [0, 0.05) is 33.3 Å². The number of methoxy groups -OCH3 is 1. The Balaban J connectivity index is 1.70. The molecule has 8 heteroatoms. The molecule has 2 atom stereocenters. The van der Waals surface area contributed by atoms with Gasteiger partial charge >= 0.3 is 0 Å². The van der Waals surface area contributed by atoms with Gasteiger partial charge in [-0.05, 0) is 92.3 Å². The molecular weight excluding hydrogens is 499 g/mol. The lowest BCUT2D eigenvalue weighted by atomic mass is 9.96. The Morgan fingerprint density at radius 1 is 0.971 bits per heavy atom. The summed E-state index contributed by atoms with van der Waals surface area (Å²) in [7, 11) is 1.67. The zero-order valence-corrected chi connectivity index (χ0v) is 21.8. The lowest BCUT2D eigenvalue weighted by Crippen LogP contribution is -2.29. The fourth-order valence-electron chi connectivity index (χ4n) is 4.85. The van der Waals surface area contributed by atoms with E-state index >= 15 is 0 Å². The average Bonchev–Trinajstić information content (AvgIpc) is 3.35. The highest BCUT2D eigenvalue weighted by atomic mass is 35.5. The molecule has 4 aromatic rings. The van der Waals surface area contributed by atoms with Crippen LogP contribution in [0.5, 0.6) is 5.75 Å². The van der Waals surface area contributed by atoms with Crippen LogP contribution in [0, 0.1) is 13.8 Å². The number of pyridine rings is 1. The van der Waals surface area contributed by atoms with Gasteiger partial charge in [-0.15, -0.1) is 0 Å². The van der Waals surface area contributed by atoms with Gasteiger partial charge in [0.15, 0.2) is 5.11 Å². The molecule has 0 unspecified atom stereocenters. The molecule has 1 saturated heterocycles. The third-order valence-corrected chi connectivity index (χ3v) is 7.18. The maximum Gasteiger partial charge on any atom is 0.174 e. The highest BCUT2D eigenvalue weighted by Crippen LogP contribution is 2.44. The minimum absolute atomic E-state index is 0.135. The summed E-state index contributed by atoms with van der Waals surface area (Å²) in [5.74, 6) is 0.749. The van der Waals surface area contributed by atoms with Crippen molar-refractivity contribution in [3.63, 3.8) is 0 Å². The second-order valence-electron chi connectivity index (χ2n) is 8.45. The number of ether oxygens (including phenoxy) is 1. The lowest BCUT2D eigenvalue weighted by molar-refractivity contribution is 0.412. The number of hydrogen-bond donors (Lipinski definition) is 1. The van der Waals surface area contributed by atoms with E-state index in [1.54, 1.807) is 7.11 Å². The molecule has 1 aliphatic heterocycles. The Hall–Kier alpha value is -3.06. The van der Waals surface area contributed by atoms with Crippen LogP contribution in [0.2, 0.25) is 10.0 Å². The predicted octanol–water partition coefficient (Wildman–Crippen LogP) is 6.98. The van der Waals surface area contributed by atoms with E-state index in [1.165, 1.54) is 0 Å². The van der Waals surface area contributed by atoms with Gasteiger partial charge < -0.3 is 19.5 Å². The van der Waals surface area contributed by atoms with Crippen molar-refractivity contribution in [2.24, 2.45) is 0 Å². The standard InChI is InChI=1S/C27H24Cl2N4OS/c1-16-14-21(17(2)32(16)23-15-19(29)9-12-24(23)34-3)26-25(22-6-4-5-13-30-22)31-27(35)33(26)20-10-7-18(28)8-11-20/h4-15,25-26H,1-3H3,(H,31,35)/t25-,26-/m1/s1. The normalized spacial score (nSPS) is 17.5. The van der Waals surface area contributed by atoms with Gasteiger partial charge in [-0.1, -0.05) is 29.3 Å². The molecule has 2 aromatic carbocycles. The maximum atomic E-state index is 6.38. The Kier molecular flexibility index (Phi) is 6.45. The molecule has 1 fully saturated rings. The number of nitrogens with zero attached hydrogens (tertiary/aromatic N) is 3. The summed E-state index contributed by atoms with van der Waals surface area (Å²) >= 11 is 18.4. The van der Waals surface area contributed by atoms with Crippen LogP contribution >= 0.6 is 35.4 Å². The number of benzene rings is 2. The quantitative estimate of drug-likeness (QED) is 0.286. The molecule has 5 nitrogen and oxygen atoms in total. The number of aryl methyl sites for hydroxylation is 1. The monoisotopic (exact) mass is 522 g/mol. The Morgan fingerprint density at radius 2 is 1.71 bits per heavy atom. The van der Waals surface area contributed by atoms with Crippen LogP contribution in [-0.4, -0.2) is 21.8 Å². The number of aromatic nitrogens is 2. The topological polar surface area (TPSA) is 42.3 Å². The van der Waals surface area contributed by atoms with Crippen molar-refractivity contribution in [3.8, 4) is 11.4 Å². The van der Waals surface area contributed by atoms with Crippen LogP contribution < -0.4 is 15.0 Å². The summed E-state index contributed by atoms with van der Waals surface area (Å²) in [6, 6.07) is 21.2. The van der Waals surface area contributed by atoms with Crippen molar-refractivity contribution in [2.45, 2.75) is 25.9 Å². The first-order chi connectivity index (χ1) is 16.9. The van der Waals surface area contributed by atoms with E-state index in [9.17, 15) is 0 Å². The summed E-state index contributed by atoms with van der Waals surface area (Å²) in [4.78, 5) is 6.80. The van der Waals surface area contributed by atoms with Crippen molar-refractivity contribution in [2.75, 3.05) is 12.0 Å². The van der Waals surface area contributed by atoms with Gasteiger partial charge in [-0.25, -0.2) is 0 Å². The molecule has 0 bridgehead atoms. The SMILES string of the molecule is COc1ccc(Cl)cc1-n1c(C)cc([C@@H]2[C@@H](c3ccccn3)NC(=S)N2c2ccc(Cl)cc2)c1C. The second-order valence-corrected chi connectivity index (χ2v) is 9.71. The number of rotatable bonds is 5. The van der Waals surface area contributed by atoms with Gasteiger partial charge in [0.2, 0.25) is 0 Å². The largest absolute Gasteiger partial charge is 0.495 e. The van der Waals surface area contributed by atoms with E-state index in [0.717, 1.165) is 39.8 Å². The summed E-state index contributed by atoms with van der Waals surface area (Å²) in [6.45, 7) is 4.19. The number of nitrogens with one attached hydrogen (secondary N) is 1. The summed E-state index contributed by atoms with van der Waals surface area (Å²) < 4.78 is 7.84. The van der Waals surface area contributed by atoms with Gasteiger partial charge in [-0.3, -0.25) is 4.98 Å². The summed E-state index contributed by atoms with van der Waals surface area (Å²) in [5.41, 5.74) is 6.03. The third-order valence-electron chi connectivity index (χ3n) is 6.37. The first-order valence-electron chi connectivity index (χ1n) is 11.2. The molecule has 1 aliphatic rings. The fourth-order valence-corrected chi connectivity index (χ4v) is 5.48. The zero-order chi connectivity index (χ0) is 24.7. The Bertz CT molecular complexity index is 1390. The molecule has 178 valence electrons. The fraction of sp³-hybridized carbons (Fsp3) is 0.185. The molecule has 0 saturated carbocycles. The van der Waals surface area contributed by atoms with Crippen LogP contribution in [0.1, 0.15) is 34.7 Å². The van der Waals surface area contributed by atoms with Crippen LogP contribution in [0.4, 0.5) is 5.69 Å². The van der Waals surface area contributed by atoms with Gasteiger partial charge in [0.25, 0.3) is 0 Å². The van der Waals surface area contributed by atoms with E-state index in [2.05, 4.69) is 39.7 Å². The molecule has 0 spiro atoms. The van der Waals surface area contributed by atoms with Crippen molar-refractivity contribution in [3.05, 3.63) is 106 Å². The zero-order valence-electron chi connectivity index (χ0n) is 19.5. The van der Waals surface area contributed by atoms with Crippen LogP contribution in [0.15, 0.2) is 72.9 Å². The maximum absolute atomic E-state index is 6.38. The van der Waals surface area contributed by atoms with Crippen molar-refractivity contribution in [1.82, 2.24) is 14.9 Å². The van der Waals surface area contributed by atoms with E-state index in [-0.39, 0.29) is 12.1 Å². The third kappa shape index (κ3) is 4.27. The lowest BCUT2D eigenvalue weighted by Gasteiger charge is -2.28. The Labute approximate surface area is 220 Å². The molecule has 0 radical (unpaired) electrons. The minimum atomic E-state index is -0.144. The van der Waals surface area contributed by atoms with Crippen molar-refractivity contribution in [1.29, 1.82) is 0 Å². The molecule has 2 aromatic heterocycles. The smallest absolute Gasteiger partial charge is 0.174 e. The van der Waals surface area contributed by atoms with Crippen LogP contribution in [0.25, 0.3) is 5.69 Å². The number of halogens is 2. The molecule has 1 N–H and O–H groups in total. The van der Waals surface area contributed by atoms with Gasteiger partial charge in [-0.2, -0.15) is 0 Å². The minimum Gasteiger partial charge on any atom is -0.495 e. The van der Waals surface area contributed by atoms with Gasteiger partial charge in [0.1, 0.15) is 5.75 Å². The van der Waals surface area contributed by atoms with E-state index in [4.69, 9.17) is 40.2 Å². The number of anilines is 1. The second kappa shape index (κ2) is 9.53. The van der Waals surface area contributed by atoms with Gasteiger partial charge in [0.05, 0.1) is 30.6 Å². The molecule has 0 aliphatic carbocycles. The molecule has 3 heterocycles. The molecule has 0 amide bonds. The van der Waals surface area contributed by atoms with Crippen molar-refractivity contribution >= 4 is 46.2 Å². The van der Waals surface area contributed by atoms with Crippen molar-refractivity contribution < 1.29 is 4.74 Å². The number of hydrogen-bond acceptors (Lipinski definition) is 3. The molecular formula is C27H24Cl2N4OS. The van der Waals surface area contributed by atoms with E-state index in [1.807, 2.05) is 66.9 Å². The van der Waals surface area contributed by atoms with E-state index in [0.29, 0.717) is 15.2 Å². The Morgan fingerprint density at radius 3 is 2.40 bits per heavy atom. The summed E-state index contributed by atoms with van der Waals surface area (Å²) in [6.07, 6.45) is 1.81. The highest BCUT2D eigenvalue weighted by molar-refractivity contribution is 7.80. The molecule has 5 rings (SSSR count). The summed E-state index contributed by atoms with van der Waals surface area (Å²) in [5, 5.41) is 5.48. The predicted molar refractivity (Wildman–Crippen MR) is 146 cm³/mol. The van der Waals surface area contributed by atoms with E-state index < -0.39 is 0 Å². The first-order valence-corrected chi connectivity index (χ1v) is 12.3. The average molecular weight is 523 g/mol. The number of thiocarbonyl (C=S) groups is 1. The van der Waals surface area contributed by atoms with Crippen LogP contribution in [-0.2, 0) is 0 Å². The first kappa shape index (κ1) is 23.7. The molecule has 35 heavy (non-hydrogen) atoms. The van der Waals surface area contributed by atoms with Crippen LogP contribution in [0.3, 0.4) is 0 Å².